The van der Waals surface area contributed by atoms with Gasteiger partial charge in [-0.15, -0.1) is 0 Å². The van der Waals surface area contributed by atoms with Crippen LogP contribution < -0.4 is 0 Å². The quantitative estimate of drug-likeness (QED) is 0.764. The van der Waals surface area contributed by atoms with Crippen LogP contribution in [0.3, 0.4) is 0 Å². The Labute approximate surface area is 102 Å². The number of aliphatic hydroxyl groups is 1. The third-order valence-corrected chi connectivity index (χ3v) is 2.52. The Morgan fingerprint density at radius 2 is 1.94 bits per heavy atom. The summed E-state index contributed by atoms with van der Waals surface area (Å²) >= 11 is 0. The Balaban J connectivity index is 3.26. The molecule has 1 unspecified atom stereocenters. The van der Waals surface area contributed by atoms with Gasteiger partial charge in [0.15, 0.2) is 6.10 Å². The van der Waals surface area contributed by atoms with Crippen LogP contribution in [0.1, 0.15) is 35.6 Å². The average molecular weight is 258 g/mol. The maximum absolute atomic E-state index is 12.8. The van der Waals surface area contributed by atoms with Crippen molar-refractivity contribution in [1.82, 2.24) is 0 Å². The number of halogens is 2. The van der Waals surface area contributed by atoms with Crippen molar-refractivity contribution >= 4 is 12.3 Å². The van der Waals surface area contributed by atoms with Crippen molar-refractivity contribution in [3.63, 3.8) is 0 Å². The molecule has 0 saturated carbocycles. The first-order valence-corrected chi connectivity index (χ1v) is 5.23. The number of alkyl halides is 2. The number of carboxylic acid groups (broad SMARTS) is 1. The smallest absolute Gasteiger partial charge is 0.337 e. The highest BCUT2D eigenvalue weighted by atomic mass is 19.3. The van der Waals surface area contributed by atoms with Crippen molar-refractivity contribution in [2.75, 3.05) is 0 Å². The fraction of sp³-hybridized carbons (Fsp3) is 0.333. The second kappa shape index (κ2) is 6.20. The van der Waals surface area contributed by atoms with Crippen molar-refractivity contribution in [2.24, 2.45) is 0 Å². The van der Waals surface area contributed by atoms with Crippen molar-refractivity contribution < 1.29 is 28.6 Å². The molecule has 0 aromatic heterocycles. The summed E-state index contributed by atoms with van der Waals surface area (Å²) in [6.07, 6.45) is -4.13. The minimum Gasteiger partial charge on any atom is -0.479 e. The number of aliphatic carboxylic acids is 1. The first-order chi connectivity index (χ1) is 8.49. The molecule has 2 N–H and O–H groups in total. The number of rotatable bonds is 6. The normalized spacial score (nSPS) is 12.4. The number of aldehydes is 1. The molecule has 1 atom stereocenters. The fourth-order valence-electron chi connectivity index (χ4n) is 1.71. The van der Waals surface area contributed by atoms with Gasteiger partial charge in [0.1, 0.15) is 6.29 Å². The molecule has 98 valence electrons. The van der Waals surface area contributed by atoms with Gasteiger partial charge in [0.05, 0.1) is 0 Å². The second-order valence-electron chi connectivity index (χ2n) is 3.66. The van der Waals surface area contributed by atoms with Crippen LogP contribution in [0.15, 0.2) is 18.2 Å². The Morgan fingerprint density at radius 1 is 1.33 bits per heavy atom. The van der Waals surface area contributed by atoms with Crippen LogP contribution in [0.5, 0.6) is 0 Å². The van der Waals surface area contributed by atoms with E-state index in [1.807, 2.05) is 0 Å². The highest BCUT2D eigenvalue weighted by Crippen LogP contribution is 2.29. The minimum absolute atomic E-state index is 0.0108. The third-order valence-electron chi connectivity index (χ3n) is 2.52. The van der Waals surface area contributed by atoms with Crippen molar-refractivity contribution in [3.8, 4) is 0 Å². The highest BCUT2D eigenvalue weighted by molar-refractivity contribution is 5.75. The molecule has 1 rings (SSSR count). The number of hydrogen-bond acceptors (Lipinski definition) is 3. The summed E-state index contributed by atoms with van der Waals surface area (Å²) in [6.45, 7) is 0. The predicted molar refractivity (Wildman–Crippen MR) is 58.4 cm³/mol. The third kappa shape index (κ3) is 3.10. The van der Waals surface area contributed by atoms with Gasteiger partial charge >= 0.3 is 5.97 Å². The number of carbonyl (C=O) groups excluding carboxylic acids is 1. The van der Waals surface area contributed by atoms with Crippen LogP contribution in [0, 0.1) is 0 Å². The maximum atomic E-state index is 12.8. The number of aliphatic hydroxyl groups excluding tert-OH is 1. The van der Waals surface area contributed by atoms with Crippen LogP contribution in [0.2, 0.25) is 0 Å². The van der Waals surface area contributed by atoms with E-state index in [9.17, 15) is 23.5 Å². The molecule has 0 saturated heterocycles. The SMILES string of the molecule is O=CCCc1c(C(F)F)cccc1C(O)C(=O)O. The summed E-state index contributed by atoms with van der Waals surface area (Å²) in [5.74, 6) is -1.52. The molecular weight excluding hydrogens is 246 g/mol. The van der Waals surface area contributed by atoms with Gasteiger partial charge in [-0.3, -0.25) is 0 Å². The van der Waals surface area contributed by atoms with Crippen molar-refractivity contribution in [3.05, 3.63) is 34.9 Å². The van der Waals surface area contributed by atoms with Gasteiger partial charge in [-0.05, 0) is 17.5 Å². The number of carboxylic acids is 1. The Hall–Kier alpha value is -1.82. The minimum atomic E-state index is -2.78. The van der Waals surface area contributed by atoms with Gasteiger partial charge in [-0.2, -0.15) is 0 Å². The summed E-state index contributed by atoms with van der Waals surface area (Å²) in [5.41, 5.74) is -0.425. The first kappa shape index (κ1) is 14.2. The number of carbonyl (C=O) groups is 2. The summed E-state index contributed by atoms with van der Waals surface area (Å²) < 4.78 is 25.6. The van der Waals surface area contributed by atoms with Gasteiger partial charge in [-0.25, -0.2) is 13.6 Å². The van der Waals surface area contributed by atoms with E-state index in [4.69, 9.17) is 5.11 Å². The van der Waals surface area contributed by atoms with E-state index < -0.39 is 18.5 Å². The Kier molecular flexibility index (Phi) is 4.91. The molecule has 0 fully saturated rings. The molecule has 0 amide bonds. The van der Waals surface area contributed by atoms with Crippen LogP contribution in [0.25, 0.3) is 0 Å². The summed E-state index contributed by atoms with van der Waals surface area (Å²) in [5, 5.41) is 18.2. The first-order valence-electron chi connectivity index (χ1n) is 5.23. The lowest BCUT2D eigenvalue weighted by atomic mass is 9.94. The average Bonchev–Trinajstić information content (AvgIpc) is 2.34. The monoisotopic (exact) mass is 258 g/mol. The molecule has 0 aliphatic carbocycles. The molecule has 0 aliphatic heterocycles. The number of benzene rings is 1. The van der Waals surface area contributed by atoms with Gasteiger partial charge in [0.25, 0.3) is 6.43 Å². The van der Waals surface area contributed by atoms with E-state index in [2.05, 4.69) is 0 Å². The molecule has 0 spiro atoms. The van der Waals surface area contributed by atoms with Crippen molar-refractivity contribution in [2.45, 2.75) is 25.4 Å². The van der Waals surface area contributed by atoms with E-state index in [1.54, 1.807) is 0 Å². The van der Waals surface area contributed by atoms with E-state index in [1.165, 1.54) is 12.1 Å². The molecule has 4 nitrogen and oxygen atoms in total. The van der Waals surface area contributed by atoms with Gasteiger partial charge in [-0.1, -0.05) is 18.2 Å². The number of hydrogen-bond donors (Lipinski definition) is 2. The van der Waals surface area contributed by atoms with Crippen LogP contribution >= 0.6 is 0 Å². The zero-order chi connectivity index (χ0) is 13.7. The van der Waals surface area contributed by atoms with E-state index in [-0.39, 0.29) is 29.5 Å². The lowest BCUT2D eigenvalue weighted by Gasteiger charge is -2.15. The maximum Gasteiger partial charge on any atom is 0.337 e. The molecule has 0 radical (unpaired) electrons. The van der Waals surface area contributed by atoms with Crippen LogP contribution in [0.4, 0.5) is 8.78 Å². The highest BCUT2D eigenvalue weighted by Gasteiger charge is 2.23. The summed E-state index contributed by atoms with van der Waals surface area (Å²) in [6, 6.07) is 3.68. The van der Waals surface area contributed by atoms with E-state index in [0.29, 0.717) is 6.29 Å². The lowest BCUT2D eigenvalue weighted by molar-refractivity contribution is -0.147. The zero-order valence-corrected chi connectivity index (χ0v) is 9.35. The Bertz CT molecular complexity index is 446. The van der Waals surface area contributed by atoms with E-state index in [0.717, 1.165) is 6.07 Å². The molecule has 0 bridgehead atoms. The largest absolute Gasteiger partial charge is 0.479 e. The molecular formula is C12H12F2O4. The summed E-state index contributed by atoms with van der Waals surface area (Å²) in [4.78, 5) is 21.0. The Morgan fingerprint density at radius 3 is 2.44 bits per heavy atom. The lowest BCUT2D eigenvalue weighted by Crippen LogP contribution is -2.14. The van der Waals surface area contributed by atoms with Crippen molar-refractivity contribution in [1.29, 1.82) is 0 Å². The molecule has 18 heavy (non-hydrogen) atoms. The molecule has 0 aliphatic rings. The zero-order valence-electron chi connectivity index (χ0n) is 9.35. The molecule has 1 aromatic rings. The predicted octanol–water partition coefficient (Wildman–Crippen LogP) is 1.87. The van der Waals surface area contributed by atoms with Crippen LogP contribution in [-0.2, 0) is 16.0 Å². The van der Waals surface area contributed by atoms with Gasteiger partial charge < -0.3 is 15.0 Å². The summed E-state index contributed by atoms with van der Waals surface area (Å²) in [7, 11) is 0. The molecule has 0 heterocycles. The van der Waals surface area contributed by atoms with Gasteiger partial charge in [0.2, 0.25) is 0 Å². The standard InChI is InChI=1S/C12H12F2O4/c13-11(14)9-4-1-3-8(10(16)12(17)18)7(9)5-2-6-15/h1,3-4,6,10-11,16H,2,5H2,(H,17,18). The van der Waals surface area contributed by atoms with Gasteiger partial charge in [0, 0.05) is 12.0 Å². The second-order valence-corrected chi connectivity index (χ2v) is 3.66. The van der Waals surface area contributed by atoms with E-state index >= 15 is 0 Å². The van der Waals surface area contributed by atoms with Crippen LogP contribution in [-0.4, -0.2) is 22.5 Å². The fourth-order valence-corrected chi connectivity index (χ4v) is 1.71. The molecule has 1 aromatic carbocycles. The molecule has 6 heteroatoms. The topological polar surface area (TPSA) is 74.6 Å².